The van der Waals surface area contributed by atoms with Gasteiger partial charge in [0.1, 0.15) is 5.75 Å². The van der Waals surface area contributed by atoms with Crippen LogP contribution in [-0.4, -0.2) is 37.2 Å². The number of benzene rings is 2. The van der Waals surface area contributed by atoms with E-state index in [4.69, 9.17) is 4.74 Å². The zero-order chi connectivity index (χ0) is 21.7. The van der Waals surface area contributed by atoms with Gasteiger partial charge in [0.25, 0.3) is 0 Å². The Labute approximate surface area is 176 Å². The smallest absolute Gasteiger partial charge is 0.315 e. The first-order valence-corrected chi connectivity index (χ1v) is 10.2. The van der Waals surface area contributed by atoms with Crippen molar-refractivity contribution >= 4 is 6.03 Å². The lowest BCUT2D eigenvalue weighted by molar-refractivity contribution is 0.185. The molecule has 0 radical (unpaired) electrons. The molecule has 3 rings (SSSR count). The predicted molar refractivity (Wildman–Crippen MR) is 112 cm³/mol. The maximum absolute atomic E-state index is 13.4. The van der Waals surface area contributed by atoms with Gasteiger partial charge in [0.15, 0.2) is 11.6 Å². The highest BCUT2D eigenvalue weighted by molar-refractivity contribution is 5.75. The number of amides is 2. The summed E-state index contributed by atoms with van der Waals surface area (Å²) in [6.45, 7) is 6.07. The van der Waals surface area contributed by atoms with Crippen molar-refractivity contribution in [1.29, 1.82) is 0 Å². The van der Waals surface area contributed by atoms with Crippen LogP contribution in [0.4, 0.5) is 13.6 Å². The van der Waals surface area contributed by atoms with Crippen LogP contribution in [0.1, 0.15) is 42.5 Å². The van der Waals surface area contributed by atoms with Crippen molar-refractivity contribution in [3.05, 3.63) is 64.7 Å². The third-order valence-corrected chi connectivity index (χ3v) is 5.51. The number of piperidine rings is 1. The summed E-state index contributed by atoms with van der Waals surface area (Å²) in [6, 6.07) is 9.60. The minimum Gasteiger partial charge on any atom is -0.496 e. The third kappa shape index (κ3) is 5.69. The van der Waals surface area contributed by atoms with E-state index >= 15 is 0 Å². The van der Waals surface area contributed by atoms with Gasteiger partial charge < -0.3 is 15.4 Å². The Morgan fingerprint density at radius 2 is 1.90 bits per heavy atom. The van der Waals surface area contributed by atoms with Crippen LogP contribution in [0.15, 0.2) is 36.4 Å². The molecular formula is C23H29F2N3O2. The molecule has 7 heteroatoms. The predicted octanol–water partition coefficient (Wildman–Crippen LogP) is 4.31. The molecule has 0 aromatic heterocycles. The maximum Gasteiger partial charge on any atom is 0.315 e. The van der Waals surface area contributed by atoms with Crippen LogP contribution in [0.3, 0.4) is 0 Å². The Morgan fingerprint density at radius 1 is 1.17 bits per heavy atom. The second kappa shape index (κ2) is 9.89. The first kappa shape index (κ1) is 22.0. The average molecular weight is 418 g/mol. The van der Waals surface area contributed by atoms with Crippen molar-refractivity contribution in [2.75, 3.05) is 20.2 Å². The minimum absolute atomic E-state index is 0.0813. The van der Waals surface area contributed by atoms with E-state index in [9.17, 15) is 13.6 Å². The van der Waals surface area contributed by atoms with Gasteiger partial charge in [-0.15, -0.1) is 0 Å². The van der Waals surface area contributed by atoms with Gasteiger partial charge in [-0.1, -0.05) is 23.8 Å². The van der Waals surface area contributed by atoms with E-state index in [2.05, 4.69) is 15.5 Å². The number of urea groups is 1. The summed E-state index contributed by atoms with van der Waals surface area (Å²) in [5, 5.41) is 6.03. The van der Waals surface area contributed by atoms with Crippen molar-refractivity contribution < 1.29 is 18.3 Å². The number of methoxy groups -OCH3 is 1. The van der Waals surface area contributed by atoms with Crippen LogP contribution in [0.25, 0.3) is 0 Å². The number of aryl methyl sites for hydroxylation is 1. The van der Waals surface area contributed by atoms with Crippen LogP contribution < -0.4 is 15.4 Å². The molecular weight excluding hydrogens is 388 g/mol. The summed E-state index contributed by atoms with van der Waals surface area (Å²) in [7, 11) is 1.62. The first-order chi connectivity index (χ1) is 14.4. The average Bonchev–Trinajstić information content (AvgIpc) is 2.72. The third-order valence-electron chi connectivity index (χ3n) is 5.51. The lowest BCUT2D eigenvalue weighted by atomic mass is 10.0. The highest BCUT2D eigenvalue weighted by Crippen LogP contribution is 2.26. The molecule has 2 amide bonds. The number of ether oxygens (including phenoxy) is 1. The molecule has 1 unspecified atom stereocenters. The van der Waals surface area contributed by atoms with Gasteiger partial charge >= 0.3 is 6.03 Å². The van der Waals surface area contributed by atoms with Crippen molar-refractivity contribution in [3.8, 4) is 5.75 Å². The van der Waals surface area contributed by atoms with Crippen molar-refractivity contribution in [2.24, 2.45) is 0 Å². The number of carbonyl (C=O) groups is 1. The van der Waals surface area contributed by atoms with Crippen molar-refractivity contribution in [1.82, 2.24) is 15.5 Å². The van der Waals surface area contributed by atoms with E-state index in [-0.39, 0.29) is 18.1 Å². The zero-order valence-corrected chi connectivity index (χ0v) is 17.7. The van der Waals surface area contributed by atoms with E-state index in [0.717, 1.165) is 54.4 Å². The standard InChI is InChI=1S/C23H29F2N3O2/c1-15-4-7-22(30-3)19(12-15)16(2)26-23(29)27-18-8-10-28(11-9-18)14-17-5-6-20(24)21(25)13-17/h4-7,12-13,16,18H,8-11,14H2,1-3H3,(H2,26,27,29). The monoisotopic (exact) mass is 417 g/mol. The summed E-state index contributed by atoms with van der Waals surface area (Å²) >= 11 is 0. The van der Waals surface area contributed by atoms with Gasteiger partial charge in [-0.2, -0.15) is 0 Å². The normalized spacial score (nSPS) is 16.2. The van der Waals surface area contributed by atoms with Gasteiger partial charge in [0.2, 0.25) is 0 Å². The van der Waals surface area contributed by atoms with Crippen LogP contribution in [-0.2, 0) is 6.54 Å². The lowest BCUT2D eigenvalue weighted by Crippen LogP contribution is -2.48. The highest BCUT2D eigenvalue weighted by atomic mass is 19.2. The number of rotatable bonds is 6. The molecule has 1 fully saturated rings. The van der Waals surface area contributed by atoms with Gasteiger partial charge in [0, 0.05) is 31.2 Å². The Bertz CT molecular complexity index is 883. The quantitative estimate of drug-likeness (QED) is 0.737. The fourth-order valence-electron chi connectivity index (χ4n) is 3.83. The molecule has 2 aromatic carbocycles. The Morgan fingerprint density at radius 3 is 2.57 bits per heavy atom. The SMILES string of the molecule is COc1ccc(C)cc1C(C)NC(=O)NC1CCN(Cc2ccc(F)c(F)c2)CC1. The fraction of sp³-hybridized carbons (Fsp3) is 0.435. The minimum atomic E-state index is -0.829. The molecule has 30 heavy (non-hydrogen) atoms. The highest BCUT2D eigenvalue weighted by Gasteiger charge is 2.22. The molecule has 1 saturated heterocycles. The summed E-state index contributed by atoms with van der Waals surface area (Å²) in [5.74, 6) is -0.899. The van der Waals surface area contributed by atoms with Crippen molar-refractivity contribution in [2.45, 2.75) is 45.3 Å². The molecule has 0 spiro atoms. The number of halogens is 2. The van der Waals surface area contributed by atoms with Crippen LogP contribution in [0, 0.1) is 18.6 Å². The van der Waals surface area contributed by atoms with E-state index in [0.29, 0.717) is 6.54 Å². The number of likely N-dealkylation sites (tertiary alicyclic amines) is 1. The van der Waals surface area contributed by atoms with Crippen LogP contribution in [0.2, 0.25) is 0 Å². The Hall–Kier alpha value is -2.67. The number of nitrogens with zero attached hydrogens (tertiary/aromatic N) is 1. The van der Waals surface area contributed by atoms with Gasteiger partial charge in [-0.25, -0.2) is 13.6 Å². The summed E-state index contributed by atoms with van der Waals surface area (Å²) in [5.41, 5.74) is 2.79. The molecule has 0 saturated carbocycles. The summed E-state index contributed by atoms with van der Waals surface area (Å²) in [4.78, 5) is 14.7. The van der Waals surface area contributed by atoms with E-state index in [1.807, 2.05) is 32.0 Å². The number of carbonyl (C=O) groups excluding carboxylic acids is 1. The summed E-state index contributed by atoms with van der Waals surface area (Å²) < 4.78 is 31.9. The molecule has 5 nitrogen and oxygen atoms in total. The lowest BCUT2D eigenvalue weighted by Gasteiger charge is -2.32. The second-order valence-corrected chi connectivity index (χ2v) is 7.88. The number of hydrogen-bond donors (Lipinski definition) is 2. The Kier molecular flexibility index (Phi) is 7.26. The van der Waals surface area contributed by atoms with Gasteiger partial charge in [-0.3, -0.25) is 4.90 Å². The molecule has 2 aromatic rings. The molecule has 1 aliphatic rings. The molecule has 0 aliphatic carbocycles. The largest absolute Gasteiger partial charge is 0.496 e. The van der Waals surface area contributed by atoms with Gasteiger partial charge in [-0.05, 0) is 50.5 Å². The van der Waals surface area contributed by atoms with Crippen molar-refractivity contribution in [3.63, 3.8) is 0 Å². The maximum atomic E-state index is 13.4. The van der Waals surface area contributed by atoms with E-state index < -0.39 is 11.6 Å². The fourth-order valence-corrected chi connectivity index (χ4v) is 3.83. The van der Waals surface area contributed by atoms with Gasteiger partial charge in [0.05, 0.1) is 13.2 Å². The number of nitrogens with one attached hydrogen (secondary N) is 2. The summed E-state index contributed by atoms with van der Waals surface area (Å²) in [6.07, 6.45) is 1.61. The molecule has 1 aliphatic heterocycles. The van der Waals surface area contributed by atoms with Crippen LogP contribution in [0.5, 0.6) is 5.75 Å². The van der Waals surface area contributed by atoms with E-state index in [1.54, 1.807) is 13.2 Å². The topological polar surface area (TPSA) is 53.6 Å². The Balaban J connectivity index is 1.47. The zero-order valence-electron chi connectivity index (χ0n) is 17.7. The molecule has 162 valence electrons. The first-order valence-electron chi connectivity index (χ1n) is 10.2. The number of hydrogen-bond acceptors (Lipinski definition) is 3. The molecule has 0 bridgehead atoms. The van der Waals surface area contributed by atoms with Crippen LogP contribution >= 0.6 is 0 Å². The second-order valence-electron chi connectivity index (χ2n) is 7.88. The molecule has 1 heterocycles. The molecule has 2 N–H and O–H groups in total. The van der Waals surface area contributed by atoms with E-state index in [1.165, 1.54) is 6.07 Å². The molecule has 1 atom stereocenters.